The average molecular weight is 609 g/mol. The fraction of sp³-hybridized carbons (Fsp3) is 0.400. The number of thiazole rings is 1. The minimum Gasteiger partial charge on any atom is -0.450 e. The van der Waals surface area contributed by atoms with Crippen molar-refractivity contribution in [1.82, 2.24) is 24.8 Å². The summed E-state index contributed by atoms with van der Waals surface area (Å²) in [5.41, 5.74) is 4.22. The van der Waals surface area contributed by atoms with Crippen molar-refractivity contribution in [1.29, 1.82) is 0 Å². The molecule has 42 heavy (non-hydrogen) atoms. The highest BCUT2D eigenvalue weighted by Gasteiger charge is 2.26. The Hall–Kier alpha value is -3.51. The number of nitrogens with one attached hydrogen (secondary N) is 2. The van der Waals surface area contributed by atoms with E-state index in [0.29, 0.717) is 61.0 Å². The minimum atomic E-state index is -0.391. The Kier molecular flexibility index (Phi) is 8.43. The number of amides is 1. The molecule has 1 amide bonds. The molecule has 0 aliphatic carbocycles. The summed E-state index contributed by atoms with van der Waals surface area (Å²) in [6.07, 6.45) is 1.86. The summed E-state index contributed by atoms with van der Waals surface area (Å²) in [4.78, 5) is 38.9. The highest BCUT2D eigenvalue weighted by molar-refractivity contribution is 7.15. The van der Waals surface area contributed by atoms with Gasteiger partial charge in [-0.15, -0.1) is 11.3 Å². The highest BCUT2D eigenvalue weighted by Crippen LogP contribution is 2.39. The number of cyclic esters (lactones) is 1. The molecule has 6 rings (SSSR count). The summed E-state index contributed by atoms with van der Waals surface area (Å²) >= 11 is 7.71. The van der Waals surface area contributed by atoms with Gasteiger partial charge in [-0.1, -0.05) is 23.7 Å². The van der Waals surface area contributed by atoms with Crippen LogP contribution in [0.5, 0.6) is 0 Å². The molecule has 1 fully saturated rings. The van der Waals surface area contributed by atoms with Gasteiger partial charge in [-0.25, -0.2) is 14.8 Å². The number of carbonyl (C=O) groups is 1. The average Bonchev–Trinajstić information content (AvgIpc) is 3.55. The maximum absolute atomic E-state index is 13.9. The van der Waals surface area contributed by atoms with Crippen LogP contribution in [0, 0.1) is 6.92 Å². The van der Waals surface area contributed by atoms with Gasteiger partial charge >= 0.3 is 6.09 Å². The van der Waals surface area contributed by atoms with Crippen LogP contribution in [0.3, 0.4) is 0 Å². The molecule has 2 aliphatic rings. The first-order valence-corrected chi connectivity index (χ1v) is 15.4. The Morgan fingerprint density at radius 2 is 2.00 bits per heavy atom. The van der Waals surface area contributed by atoms with Crippen LogP contribution in [-0.4, -0.2) is 63.0 Å². The van der Waals surface area contributed by atoms with Crippen molar-refractivity contribution in [3.05, 3.63) is 73.7 Å². The second-order valence-corrected chi connectivity index (χ2v) is 12.3. The molecule has 3 N–H and O–H groups in total. The second kappa shape index (κ2) is 12.4. The number of alkyl carbamates (subject to hydrolysis) is 1. The number of aromatic nitrogens is 3. The number of rotatable bonds is 7. The first-order valence-electron chi connectivity index (χ1n) is 14.2. The quantitative estimate of drug-likeness (QED) is 0.280. The van der Waals surface area contributed by atoms with Gasteiger partial charge in [0.2, 0.25) is 0 Å². The molecule has 220 valence electrons. The van der Waals surface area contributed by atoms with Crippen LogP contribution in [0.4, 0.5) is 10.5 Å². The molecule has 1 saturated heterocycles. The molecule has 4 heterocycles. The lowest BCUT2D eigenvalue weighted by Crippen LogP contribution is -2.29. The van der Waals surface area contributed by atoms with Crippen molar-refractivity contribution in [2.45, 2.75) is 51.9 Å². The third-order valence-electron chi connectivity index (χ3n) is 7.76. The number of nitrogens with zero attached hydrogens (tertiary/aromatic N) is 4. The van der Waals surface area contributed by atoms with E-state index in [0.717, 1.165) is 46.9 Å². The van der Waals surface area contributed by atoms with Crippen LogP contribution in [0.1, 0.15) is 41.2 Å². The molecular weight excluding hydrogens is 576 g/mol. The van der Waals surface area contributed by atoms with Gasteiger partial charge in [-0.05, 0) is 56.0 Å². The van der Waals surface area contributed by atoms with E-state index in [1.54, 1.807) is 15.9 Å². The van der Waals surface area contributed by atoms with Crippen LogP contribution < -0.4 is 16.2 Å². The molecule has 2 aromatic carbocycles. The van der Waals surface area contributed by atoms with Gasteiger partial charge in [-0.2, -0.15) is 0 Å². The smallest absolute Gasteiger partial charge is 0.407 e. The van der Waals surface area contributed by atoms with Crippen molar-refractivity contribution in [3.8, 4) is 10.6 Å². The van der Waals surface area contributed by atoms with Crippen molar-refractivity contribution in [2.75, 3.05) is 31.6 Å². The predicted molar refractivity (Wildman–Crippen MR) is 164 cm³/mol. The molecule has 0 bridgehead atoms. The summed E-state index contributed by atoms with van der Waals surface area (Å²) in [5, 5.41) is 17.9. The number of anilines is 1. The molecular formula is C30H33ClN6O4S. The lowest BCUT2D eigenvalue weighted by Gasteiger charge is -2.21. The number of benzene rings is 2. The maximum atomic E-state index is 13.9. The lowest BCUT2D eigenvalue weighted by molar-refractivity contribution is 0.146. The van der Waals surface area contributed by atoms with Crippen molar-refractivity contribution in [3.63, 3.8) is 0 Å². The van der Waals surface area contributed by atoms with Gasteiger partial charge in [0.25, 0.3) is 5.56 Å². The third-order valence-corrected chi connectivity index (χ3v) is 9.12. The van der Waals surface area contributed by atoms with E-state index in [1.165, 1.54) is 4.88 Å². The van der Waals surface area contributed by atoms with E-state index in [2.05, 4.69) is 15.5 Å². The zero-order valence-electron chi connectivity index (χ0n) is 23.4. The van der Waals surface area contributed by atoms with E-state index in [4.69, 9.17) is 26.3 Å². The van der Waals surface area contributed by atoms with Gasteiger partial charge < -0.3 is 20.5 Å². The zero-order valence-corrected chi connectivity index (χ0v) is 24.9. The number of fused-ring (bicyclic) bond motifs is 2. The first-order chi connectivity index (χ1) is 20.4. The summed E-state index contributed by atoms with van der Waals surface area (Å²) in [7, 11) is 0. The molecule has 0 unspecified atom stereocenters. The van der Waals surface area contributed by atoms with Crippen LogP contribution in [0.2, 0.25) is 5.02 Å². The van der Waals surface area contributed by atoms with Gasteiger partial charge in [0.1, 0.15) is 10.8 Å². The number of carbonyl (C=O) groups excluding carboxylic acids is 1. The fourth-order valence-electron chi connectivity index (χ4n) is 5.55. The lowest BCUT2D eigenvalue weighted by atomic mass is 10.0. The second-order valence-electron chi connectivity index (χ2n) is 10.7. The molecule has 2 aliphatic heterocycles. The fourth-order valence-corrected chi connectivity index (χ4v) is 6.82. The van der Waals surface area contributed by atoms with Crippen LogP contribution in [0.15, 0.2) is 41.2 Å². The highest BCUT2D eigenvalue weighted by atomic mass is 35.5. The minimum absolute atomic E-state index is 0.0600. The van der Waals surface area contributed by atoms with Crippen LogP contribution in [-0.2, 0) is 24.4 Å². The first kappa shape index (κ1) is 28.6. The monoisotopic (exact) mass is 608 g/mol. The SMILES string of the molecule is Cc1nc2cc(-c3nc4c(s3)CN(CCO)C4)c(N[C@@H]3CCCOC(=O)NCC3)cc2c(=O)n1Cc1ccc(Cl)cc1. The Morgan fingerprint density at radius 3 is 2.79 bits per heavy atom. The number of hydrogen-bond acceptors (Lipinski definition) is 9. The number of halogens is 1. The third kappa shape index (κ3) is 6.14. The molecule has 1 atom stereocenters. The largest absolute Gasteiger partial charge is 0.450 e. The molecule has 0 spiro atoms. The van der Waals surface area contributed by atoms with Crippen molar-refractivity contribution >= 4 is 45.6 Å². The van der Waals surface area contributed by atoms with Crippen molar-refractivity contribution in [2.24, 2.45) is 0 Å². The van der Waals surface area contributed by atoms with Gasteiger partial charge in [-0.3, -0.25) is 14.3 Å². The Labute approximate surface area is 252 Å². The van der Waals surface area contributed by atoms with Gasteiger partial charge in [0.05, 0.1) is 36.4 Å². The number of ether oxygens (including phenoxy) is 1. The molecule has 4 aromatic rings. The molecule has 0 saturated carbocycles. The van der Waals surface area contributed by atoms with E-state index in [-0.39, 0.29) is 18.2 Å². The Morgan fingerprint density at radius 1 is 1.17 bits per heavy atom. The summed E-state index contributed by atoms with van der Waals surface area (Å²) in [6, 6.07) is 11.4. The standard InChI is InChI=1S/C30H33ClN6O4S/c1-18-33-25-13-22(28-35-26-16-36(10-11-38)17-27(26)42-28)24(34-21-3-2-12-41-30(40)32-9-8-21)14-23(25)29(39)37(18)15-19-4-6-20(31)7-5-19/h4-7,13-14,21,34,38H,2-3,8-12,15-17H2,1H3,(H,32,40)/t21-/m1/s1. The predicted octanol–water partition coefficient (Wildman–Crippen LogP) is 4.53. The number of β-amino-alcohol motifs (C(OH)–C–C–N with tert-alkyl or cyclic N) is 1. The Bertz CT molecular complexity index is 1650. The Balaban J connectivity index is 1.40. The summed E-state index contributed by atoms with van der Waals surface area (Å²) in [5.74, 6) is 0.627. The van der Waals surface area contributed by atoms with E-state index in [1.807, 2.05) is 43.3 Å². The van der Waals surface area contributed by atoms with Crippen LogP contribution in [0.25, 0.3) is 21.5 Å². The number of aliphatic hydroxyl groups excluding tert-OH is 1. The molecule has 10 nitrogen and oxygen atoms in total. The number of aryl methyl sites for hydroxylation is 1. The normalized spacial score (nSPS) is 17.7. The zero-order chi connectivity index (χ0) is 29.2. The van der Waals surface area contributed by atoms with E-state index in [9.17, 15) is 14.7 Å². The summed E-state index contributed by atoms with van der Waals surface area (Å²) in [6.45, 7) is 5.29. The summed E-state index contributed by atoms with van der Waals surface area (Å²) < 4.78 is 6.89. The van der Waals surface area contributed by atoms with Gasteiger partial charge in [0, 0.05) is 53.4 Å². The molecule has 2 aromatic heterocycles. The maximum Gasteiger partial charge on any atom is 0.407 e. The number of aliphatic hydroxyl groups is 1. The van der Waals surface area contributed by atoms with E-state index < -0.39 is 6.09 Å². The number of hydrogen-bond donors (Lipinski definition) is 3. The van der Waals surface area contributed by atoms with Crippen molar-refractivity contribution < 1.29 is 14.6 Å². The van der Waals surface area contributed by atoms with E-state index >= 15 is 0 Å². The van der Waals surface area contributed by atoms with Gasteiger partial charge in [0.15, 0.2) is 0 Å². The van der Waals surface area contributed by atoms with Crippen LogP contribution >= 0.6 is 22.9 Å². The topological polar surface area (TPSA) is 122 Å². The molecule has 12 heteroatoms. The molecule has 0 radical (unpaired) electrons.